The zero-order valence-corrected chi connectivity index (χ0v) is 20.7. The molecule has 1 heterocycles. The standard InChI is InChI=1S/C30H29F4NO2/c1-2-3-16-36-25-13-12-24(35-19-25)11-5-20-6-14-26-23(17-20)10-9-22(29(26)32)8-4-21-7-15-28(27(31)18-21)37-30(33)34/h6-7,9-10,12-15,17-19,30H,2-5,8,11,16H2,1H3. The third kappa shape index (κ3) is 7.21. The van der Waals surface area contributed by atoms with Gasteiger partial charge in [-0.05, 0) is 78.4 Å². The van der Waals surface area contributed by atoms with Crippen molar-refractivity contribution in [1.29, 1.82) is 0 Å². The van der Waals surface area contributed by atoms with Crippen LogP contribution >= 0.6 is 0 Å². The normalized spacial score (nSPS) is 11.3. The van der Waals surface area contributed by atoms with E-state index in [2.05, 4.69) is 16.6 Å². The number of fused-ring (bicyclic) bond motifs is 1. The van der Waals surface area contributed by atoms with Crippen molar-refractivity contribution < 1.29 is 27.0 Å². The summed E-state index contributed by atoms with van der Waals surface area (Å²) in [5.74, 6) is -0.897. The second-order valence-electron chi connectivity index (χ2n) is 8.92. The maximum Gasteiger partial charge on any atom is 0.387 e. The van der Waals surface area contributed by atoms with Crippen molar-refractivity contribution in [3.63, 3.8) is 0 Å². The molecule has 7 heteroatoms. The molecule has 0 atom stereocenters. The molecule has 37 heavy (non-hydrogen) atoms. The third-order valence-corrected chi connectivity index (χ3v) is 6.23. The van der Waals surface area contributed by atoms with E-state index in [4.69, 9.17) is 4.74 Å². The molecular weight excluding hydrogens is 482 g/mol. The van der Waals surface area contributed by atoms with Gasteiger partial charge in [-0.15, -0.1) is 0 Å². The van der Waals surface area contributed by atoms with Crippen LogP contribution in [-0.4, -0.2) is 18.2 Å². The molecule has 0 aliphatic rings. The number of ether oxygens (including phenoxy) is 2. The first-order chi connectivity index (χ1) is 17.9. The zero-order valence-electron chi connectivity index (χ0n) is 20.7. The van der Waals surface area contributed by atoms with Crippen LogP contribution in [0.15, 0.2) is 66.9 Å². The number of benzene rings is 3. The first-order valence-electron chi connectivity index (χ1n) is 12.4. The lowest BCUT2D eigenvalue weighted by Gasteiger charge is -2.10. The van der Waals surface area contributed by atoms with Gasteiger partial charge in [0.25, 0.3) is 0 Å². The van der Waals surface area contributed by atoms with E-state index in [9.17, 15) is 13.2 Å². The van der Waals surface area contributed by atoms with Crippen molar-refractivity contribution in [2.24, 2.45) is 0 Å². The maximum absolute atomic E-state index is 15.2. The first-order valence-corrected chi connectivity index (χ1v) is 12.4. The Morgan fingerprint density at radius 2 is 1.62 bits per heavy atom. The summed E-state index contributed by atoms with van der Waals surface area (Å²) in [6.07, 6.45) is 6.10. The van der Waals surface area contributed by atoms with Gasteiger partial charge in [-0.2, -0.15) is 8.78 Å². The fourth-order valence-electron chi connectivity index (χ4n) is 4.16. The van der Waals surface area contributed by atoms with Gasteiger partial charge in [0.2, 0.25) is 0 Å². The first kappa shape index (κ1) is 26.5. The Kier molecular flexibility index (Phi) is 8.99. The van der Waals surface area contributed by atoms with E-state index in [0.717, 1.165) is 54.1 Å². The molecule has 0 aliphatic carbocycles. The molecule has 3 aromatic carbocycles. The molecule has 0 unspecified atom stereocenters. The highest BCUT2D eigenvalue weighted by Gasteiger charge is 2.12. The Labute approximate surface area is 214 Å². The number of aryl methyl sites for hydroxylation is 4. The summed E-state index contributed by atoms with van der Waals surface area (Å²) >= 11 is 0. The largest absolute Gasteiger partial charge is 0.492 e. The van der Waals surface area contributed by atoms with Gasteiger partial charge >= 0.3 is 6.61 Å². The smallest absolute Gasteiger partial charge is 0.387 e. The van der Waals surface area contributed by atoms with E-state index in [0.29, 0.717) is 36.0 Å². The van der Waals surface area contributed by atoms with Crippen LogP contribution in [0.3, 0.4) is 0 Å². The van der Waals surface area contributed by atoms with E-state index < -0.39 is 18.2 Å². The SMILES string of the molecule is CCCCOc1ccc(CCc2ccc3c(F)c(CCc4ccc(OC(F)F)c(F)c4)ccc3c2)nc1. The molecule has 0 saturated carbocycles. The summed E-state index contributed by atoms with van der Waals surface area (Å²) in [4.78, 5) is 4.48. The van der Waals surface area contributed by atoms with Crippen molar-refractivity contribution in [3.05, 3.63) is 101 Å². The molecular formula is C30H29F4NO2. The van der Waals surface area contributed by atoms with E-state index >= 15 is 4.39 Å². The molecule has 4 aromatic rings. The summed E-state index contributed by atoms with van der Waals surface area (Å²) < 4.78 is 63.6. The Morgan fingerprint density at radius 3 is 2.35 bits per heavy atom. The van der Waals surface area contributed by atoms with E-state index in [1.165, 1.54) is 12.1 Å². The van der Waals surface area contributed by atoms with Crippen LogP contribution in [0.5, 0.6) is 11.5 Å². The minimum absolute atomic E-state index is 0.303. The van der Waals surface area contributed by atoms with Gasteiger partial charge < -0.3 is 9.47 Å². The van der Waals surface area contributed by atoms with E-state index in [-0.39, 0.29) is 5.82 Å². The Bertz CT molecular complexity index is 1330. The van der Waals surface area contributed by atoms with Gasteiger partial charge in [-0.25, -0.2) is 8.78 Å². The number of rotatable bonds is 12. The highest BCUT2D eigenvalue weighted by atomic mass is 19.3. The van der Waals surface area contributed by atoms with Crippen molar-refractivity contribution in [1.82, 2.24) is 4.98 Å². The van der Waals surface area contributed by atoms with Crippen LogP contribution in [0.4, 0.5) is 17.6 Å². The molecule has 0 N–H and O–H groups in total. The maximum atomic E-state index is 15.2. The summed E-state index contributed by atoms with van der Waals surface area (Å²) in [7, 11) is 0. The van der Waals surface area contributed by atoms with Crippen LogP contribution in [-0.2, 0) is 25.7 Å². The van der Waals surface area contributed by atoms with Crippen molar-refractivity contribution >= 4 is 10.8 Å². The van der Waals surface area contributed by atoms with Crippen LogP contribution in [0.25, 0.3) is 10.8 Å². The van der Waals surface area contributed by atoms with Gasteiger partial charge in [0.1, 0.15) is 11.6 Å². The molecule has 4 rings (SSSR count). The monoisotopic (exact) mass is 511 g/mol. The van der Waals surface area contributed by atoms with Crippen LogP contribution in [0.1, 0.15) is 42.1 Å². The predicted molar refractivity (Wildman–Crippen MR) is 136 cm³/mol. The van der Waals surface area contributed by atoms with Crippen LogP contribution in [0.2, 0.25) is 0 Å². The summed E-state index contributed by atoms with van der Waals surface area (Å²) in [6.45, 7) is -0.279. The van der Waals surface area contributed by atoms with Crippen LogP contribution < -0.4 is 9.47 Å². The fourth-order valence-corrected chi connectivity index (χ4v) is 4.16. The third-order valence-electron chi connectivity index (χ3n) is 6.23. The fraction of sp³-hybridized carbons (Fsp3) is 0.300. The minimum atomic E-state index is -3.09. The predicted octanol–water partition coefficient (Wildman–Crippen LogP) is 7.86. The molecule has 0 fully saturated rings. The molecule has 194 valence electrons. The number of aromatic nitrogens is 1. The lowest BCUT2D eigenvalue weighted by atomic mass is 9.98. The number of pyridine rings is 1. The lowest BCUT2D eigenvalue weighted by Crippen LogP contribution is -2.04. The Morgan fingerprint density at radius 1 is 0.838 bits per heavy atom. The second-order valence-corrected chi connectivity index (χ2v) is 8.92. The lowest BCUT2D eigenvalue weighted by molar-refractivity contribution is -0.0522. The van der Waals surface area contributed by atoms with Crippen LogP contribution in [0, 0.1) is 11.6 Å². The van der Waals surface area contributed by atoms with Crippen molar-refractivity contribution in [2.45, 2.75) is 52.1 Å². The second kappa shape index (κ2) is 12.6. The number of halogens is 4. The van der Waals surface area contributed by atoms with Gasteiger partial charge in [0, 0.05) is 11.1 Å². The van der Waals surface area contributed by atoms with E-state index in [1.807, 2.05) is 30.3 Å². The van der Waals surface area contributed by atoms with Gasteiger partial charge in [-0.1, -0.05) is 49.7 Å². The number of alkyl halides is 2. The van der Waals surface area contributed by atoms with E-state index in [1.54, 1.807) is 18.3 Å². The quantitative estimate of drug-likeness (QED) is 0.143. The zero-order chi connectivity index (χ0) is 26.2. The van der Waals surface area contributed by atoms with Gasteiger partial charge in [0.15, 0.2) is 11.6 Å². The average molecular weight is 512 g/mol. The Balaban J connectivity index is 1.37. The van der Waals surface area contributed by atoms with Crippen molar-refractivity contribution in [2.75, 3.05) is 6.61 Å². The molecule has 3 nitrogen and oxygen atoms in total. The molecule has 0 aliphatic heterocycles. The molecule has 0 amide bonds. The molecule has 0 saturated heterocycles. The number of hydrogen-bond donors (Lipinski definition) is 0. The Hall–Kier alpha value is -3.61. The highest BCUT2D eigenvalue weighted by Crippen LogP contribution is 2.26. The van der Waals surface area contributed by atoms with Crippen molar-refractivity contribution in [3.8, 4) is 11.5 Å². The minimum Gasteiger partial charge on any atom is -0.492 e. The number of nitrogens with zero attached hydrogens (tertiary/aromatic N) is 1. The summed E-state index contributed by atoms with van der Waals surface area (Å²) in [5, 5.41) is 1.34. The number of unbranched alkanes of at least 4 members (excludes halogenated alkanes) is 1. The summed E-state index contributed by atoms with van der Waals surface area (Å²) in [6, 6.07) is 17.1. The highest BCUT2D eigenvalue weighted by molar-refractivity contribution is 5.84. The van der Waals surface area contributed by atoms with Gasteiger partial charge in [-0.3, -0.25) is 4.98 Å². The van der Waals surface area contributed by atoms with Gasteiger partial charge in [0.05, 0.1) is 12.8 Å². The topological polar surface area (TPSA) is 31.4 Å². The average Bonchev–Trinajstić information content (AvgIpc) is 2.89. The molecule has 0 spiro atoms. The molecule has 0 radical (unpaired) electrons. The molecule has 0 bridgehead atoms. The molecule has 1 aromatic heterocycles. The number of hydrogen-bond acceptors (Lipinski definition) is 3. The summed E-state index contributed by atoms with van der Waals surface area (Å²) in [5.41, 5.74) is 3.14.